The Morgan fingerprint density at radius 3 is 2.12 bits per heavy atom. The van der Waals surface area contributed by atoms with Crippen LogP contribution in [0.4, 0.5) is 5.69 Å². The lowest BCUT2D eigenvalue weighted by Gasteiger charge is -2.34. The monoisotopic (exact) mass is 341 g/mol. The largest absolute Gasteiger partial charge is 0.502 e. The number of hydrogen-bond donors (Lipinski definition) is 1. The van der Waals surface area contributed by atoms with Crippen molar-refractivity contribution < 1.29 is 14.6 Å². The minimum atomic E-state index is -0.00127. The van der Waals surface area contributed by atoms with Crippen LogP contribution in [0, 0.1) is 0 Å². The summed E-state index contributed by atoms with van der Waals surface area (Å²) in [5.74, 6) is 0.739. The van der Waals surface area contributed by atoms with E-state index in [4.69, 9.17) is 9.47 Å². The number of hydrogen-bond acceptors (Lipinski definition) is 6. The molecular weight excluding hydrogens is 318 g/mol. The van der Waals surface area contributed by atoms with Gasteiger partial charge in [0, 0.05) is 24.3 Å². The van der Waals surface area contributed by atoms with Gasteiger partial charge in [-0.15, -0.1) is 0 Å². The summed E-state index contributed by atoms with van der Waals surface area (Å²) in [6.45, 7) is 3.59. The van der Waals surface area contributed by atoms with Crippen molar-refractivity contribution in [2.45, 2.75) is 0 Å². The first-order valence-electron chi connectivity index (χ1n) is 8.25. The molecule has 0 unspecified atom stereocenters. The molecule has 0 spiro atoms. The Bertz CT molecular complexity index is 701. The molecule has 1 aliphatic rings. The second-order valence-corrected chi connectivity index (χ2v) is 5.79. The van der Waals surface area contributed by atoms with Crippen LogP contribution >= 0.6 is 0 Å². The lowest BCUT2D eigenvalue weighted by atomic mass is 10.2. The van der Waals surface area contributed by atoms with E-state index in [1.54, 1.807) is 18.3 Å². The van der Waals surface area contributed by atoms with E-state index in [0.29, 0.717) is 11.5 Å². The fraction of sp³-hybridized carbons (Fsp3) is 0.316. The summed E-state index contributed by atoms with van der Waals surface area (Å²) in [5.41, 5.74) is 2.07. The Hall–Kier alpha value is -2.89. The van der Waals surface area contributed by atoms with Gasteiger partial charge in [-0.2, -0.15) is 5.10 Å². The van der Waals surface area contributed by atoms with Gasteiger partial charge in [-0.05, 0) is 24.3 Å². The van der Waals surface area contributed by atoms with E-state index in [1.807, 2.05) is 11.1 Å². The molecule has 2 aromatic rings. The van der Waals surface area contributed by atoms with Crippen molar-refractivity contribution in [1.82, 2.24) is 5.01 Å². The maximum absolute atomic E-state index is 9.96. The van der Waals surface area contributed by atoms with Crippen molar-refractivity contribution in [2.75, 3.05) is 45.3 Å². The van der Waals surface area contributed by atoms with Gasteiger partial charge in [0.2, 0.25) is 5.75 Å². The predicted molar refractivity (Wildman–Crippen MR) is 99.0 cm³/mol. The molecule has 6 nitrogen and oxygen atoms in total. The van der Waals surface area contributed by atoms with Gasteiger partial charge in [0.25, 0.3) is 0 Å². The van der Waals surface area contributed by atoms with Crippen molar-refractivity contribution in [3.05, 3.63) is 48.0 Å². The molecule has 0 bridgehead atoms. The van der Waals surface area contributed by atoms with Gasteiger partial charge >= 0.3 is 0 Å². The molecule has 1 fully saturated rings. The van der Waals surface area contributed by atoms with E-state index in [-0.39, 0.29) is 5.75 Å². The summed E-state index contributed by atoms with van der Waals surface area (Å²) in [5, 5.41) is 16.6. The summed E-state index contributed by atoms with van der Waals surface area (Å²) in [7, 11) is 3.02. The first kappa shape index (κ1) is 17.0. The molecule has 132 valence electrons. The third-order valence-corrected chi connectivity index (χ3v) is 4.25. The zero-order valence-electron chi connectivity index (χ0n) is 14.6. The zero-order valence-corrected chi connectivity index (χ0v) is 14.6. The lowest BCUT2D eigenvalue weighted by Crippen LogP contribution is -2.44. The van der Waals surface area contributed by atoms with Crippen LogP contribution in [0.1, 0.15) is 5.56 Å². The number of rotatable bonds is 5. The van der Waals surface area contributed by atoms with Crippen LogP contribution in [-0.2, 0) is 0 Å². The van der Waals surface area contributed by atoms with Crippen molar-refractivity contribution in [2.24, 2.45) is 5.10 Å². The molecule has 6 heteroatoms. The summed E-state index contributed by atoms with van der Waals surface area (Å²) in [6, 6.07) is 13.9. The van der Waals surface area contributed by atoms with E-state index in [9.17, 15) is 5.11 Å². The fourth-order valence-corrected chi connectivity index (χ4v) is 2.84. The summed E-state index contributed by atoms with van der Waals surface area (Å²) in [4.78, 5) is 2.36. The third kappa shape index (κ3) is 3.96. The van der Waals surface area contributed by atoms with Gasteiger partial charge in [0.15, 0.2) is 11.5 Å². The SMILES string of the molecule is COc1cc(/C=N\N2CCN(c3ccccc3)CC2)cc(OC)c1O. The van der Waals surface area contributed by atoms with Crippen molar-refractivity contribution in [3.8, 4) is 17.2 Å². The number of para-hydroxylation sites is 1. The average Bonchev–Trinajstić information content (AvgIpc) is 2.68. The summed E-state index contributed by atoms with van der Waals surface area (Å²) in [6.07, 6.45) is 1.77. The van der Waals surface area contributed by atoms with E-state index in [1.165, 1.54) is 19.9 Å². The standard InChI is InChI=1S/C19H23N3O3/c1-24-17-12-15(13-18(25-2)19(17)23)14-20-22-10-8-21(9-11-22)16-6-4-3-5-7-16/h3-7,12-14,23H,8-11H2,1-2H3/b20-14-. The molecule has 1 heterocycles. The van der Waals surface area contributed by atoms with Crippen LogP contribution in [0.15, 0.2) is 47.6 Å². The Morgan fingerprint density at radius 2 is 1.56 bits per heavy atom. The number of phenols is 1. The zero-order chi connectivity index (χ0) is 17.6. The van der Waals surface area contributed by atoms with Crippen LogP contribution in [0.3, 0.4) is 0 Å². The number of nitrogens with zero attached hydrogens (tertiary/aromatic N) is 3. The minimum Gasteiger partial charge on any atom is -0.502 e. The Balaban J connectivity index is 1.64. The maximum Gasteiger partial charge on any atom is 0.200 e. The van der Waals surface area contributed by atoms with Gasteiger partial charge in [-0.1, -0.05) is 18.2 Å². The number of anilines is 1. The summed E-state index contributed by atoms with van der Waals surface area (Å²) < 4.78 is 10.3. The Labute approximate surface area is 147 Å². The average molecular weight is 341 g/mol. The topological polar surface area (TPSA) is 57.5 Å². The van der Waals surface area contributed by atoms with E-state index < -0.39 is 0 Å². The molecule has 0 atom stereocenters. The van der Waals surface area contributed by atoms with Crippen molar-refractivity contribution in [3.63, 3.8) is 0 Å². The van der Waals surface area contributed by atoms with E-state index >= 15 is 0 Å². The molecule has 25 heavy (non-hydrogen) atoms. The van der Waals surface area contributed by atoms with Gasteiger partial charge in [-0.25, -0.2) is 0 Å². The quantitative estimate of drug-likeness (QED) is 0.847. The minimum absolute atomic E-state index is 0.00127. The number of ether oxygens (including phenoxy) is 2. The van der Waals surface area contributed by atoms with Gasteiger partial charge in [0.05, 0.1) is 33.5 Å². The van der Waals surface area contributed by atoms with Gasteiger partial charge < -0.3 is 19.5 Å². The van der Waals surface area contributed by atoms with E-state index in [2.05, 4.69) is 34.3 Å². The fourth-order valence-electron chi connectivity index (χ4n) is 2.84. The molecule has 0 saturated carbocycles. The lowest BCUT2D eigenvalue weighted by molar-refractivity contribution is 0.272. The first-order chi connectivity index (χ1) is 12.2. The molecule has 3 rings (SSSR count). The Kier molecular flexibility index (Phi) is 5.28. The third-order valence-electron chi connectivity index (χ3n) is 4.25. The number of benzene rings is 2. The molecule has 0 radical (unpaired) electrons. The molecule has 1 saturated heterocycles. The van der Waals surface area contributed by atoms with Crippen molar-refractivity contribution in [1.29, 1.82) is 0 Å². The smallest absolute Gasteiger partial charge is 0.200 e. The Morgan fingerprint density at radius 1 is 0.960 bits per heavy atom. The highest BCUT2D eigenvalue weighted by molar-refractivity contribution is 5.82. The van der Waals surface area contributed by atoms with Gasteiger partial charge in [-0.3, -0.25) is 5.01 Å². The highest BCUT2D eigenvalue weighted by Gasteiger charge is 2.15. The van der Waals surface area contributed by atoms with Crippen molar-refractivity contribution >= 4 is 11.9 Å². The number of phenolic OH excluding ortho intramolecular Hbond substituents is 1. The normalized spacial score (nSPS) is 14.8. The molecule has 0 aromatic heterocycles. The van der Waals surface area contributed by atoms with Gasteiger partial charge in [0.1, 0.15) is 0 Å². The number of aromatic hydroxyl groups is 1. The molecule has 1 aliphatic heterocycles. The molecule has 0 amide bonds. The first-order valence-corrected chi connectivity index (χ1v) is 8.25. The van der Waals surface area contributed by atoms with E-state index in [0.717, 1.165) is 31.7 Å². The molecule has 0 aliphatic carbocycles. The number of piperazine rings is 1. The highest BCUT2D eigenvalue weighted by atomic mass is 16.5. The number of hydrazone groups is 1. The second kappa shape index (κ2) is 7.79. The van der Waals surface area contributed by atoms with Crippen LogP contribution < -0.4 is 14.4 Å². The predicted octanol–water partition coefficient (Wildman–Crippen LogP) is 2.57. The van der Waals surface area contributed by atoms with Crippen LogP contribution in [0.5, 0.6) is 17.2 Å². The second-order valence-electron chi connectivity index (χ2n) is 5.79. The summed E-state index contributed by atoms with van der Waals surface area (Å²) >= 11 is 0. The number of methoxy groups -OCH3 is 2. The molecule has 1 N–H and O–H groups in total. The highest BCUT2D eigenvalue weighted by Crippen LogP contribution is 2.36. The maximum atomic E-state index is 9.96. The molecular formula is C19H23N3O3. The van der Waals surface area contributed by atoms with Crippen LogP contribution in [0.2, 0.25) is 0 Å². The van der Waals surface area contributed by atoms with Crippen LogP contribution in [-0.4, -0.2) is 56.7 Å². The van der Waals surface area contributed by atoms with Crippen LogP contribution in [0.25, 0.3) is 0 Å². The molecule has 2 aromatic carbocycles.